The lowest BCUT2D eigenvalue weighted by Crippen LogP contribution is -2.24. The maximum Gasteiger partial charge on any atom is 0.377 e. The number of hydrogen-bond acceptors (Lipinski definition) is 4. The van der Waals surface area contributed by atoms with Crippen LogP contribution in [0.25, 0.3) is 10.8 Å². The zero-order valence-electron chi connectivity index (χ0n) is 15.1. The van der Waals surface area contributed by atoms with Crippen LogP contribution in [0.3, 0.4) is 0 Å². The summed E-state index contributed by atoms with van der Waals surface area (Å²) >= 11 is 0. The Morgan fingerprint density at radius 2 is 1.80 bits per heavy atom. The number of rotatable bonds is 6. The van der Waals surface area contributed by atoms with Crippen molar-refractivity contribution in [1.29, 1.82) is 0 Å². The van der Waals surface area contributed by atoms with E-state index >= 15 is 0 Å². The van der Waals surface area contributed by atoms with Crippen LogP contribution in [-0.4, -0.2) is 23.6 Å². The average Bonchev–Trinajstić information content (AvgIpc) is 2.51. The first kappa shape index (κ1) is 19.5. The second kappa shape index (κ2) is 7.59. The van der Waals surface area contributed by atoms with Gasteiger partial charge in [0.15, 0.2) is 0 Å². The Labute approximate surface area is 148 Å². The highest BCUT2D eigenvalue weighted by molar-refractivity contribution is 7.53. The van der Waals surface area contributed by atoms with Crippen molar-refractivity contribution >= 4 is 24.3 Å². The summed E-state index contributed by atoms with van der Waals surface area (Å²) < 4.78 is 23.1. The van der Waals surface area contributed by atoms with Crippen LogP contribution in [0.4, 0.5) is 0 Å². The largest absolute Gasteiger partial charge is 0.465 e. The number of ether oxygens (including phenoxy) is 1. The van der Waals surface area contributed by atoms with E-state index in [1.54, 1.807) is 19.1 Å². The summed E-state index contributed by atoms with van der Waals surface area (Å²) in [5.41, 5.74) is -0.155. The Bertz CT molecular complexity index is 788. The summed E-state index contributed by atoms with van der Waals surface area (Å²) in [6.45, 7) is 7.68. The molecule has 0 spiro atoms. The lowest BCUT2D eigenvalue weighted by molar-refractivity contribution is -0.150. The smallest absolute Gasteiger partial charge is 0.377 e. The molecular weight excluding hydrogens is 339 g/mol. The maximum absolute atomic E-state index is 12.5. The Morgan fingerprint density at radius 3 is 2.48 bits per heavy atom. The molecule has 1 unspecified atom stereocenters. The van der Waals surface area contributed by atoms with E-state index in [1.807, 2.05) is 51.1 Å². The molecule has 0 radical (unpaired) electrons. The highest BCUT2D eigenvalue weighted by atomic mass is 31.2. The molecule has 0 aliphatic heterocycles. The molecule has 0 saturated heterocycles. The normalized spacial score (nSPS) is 15.4. The quantitative estimate of drug-likeness (QED) is 0.598. The molecule has 0 heterocycles. The number of hydrogen-bond donors (Lipinski definition) is 1. The van der Waals surface area contributed by atoms with Gasteiger partial charge in [0.05, 0.1) is 18.7 Å². The van der Waals surface area contributed by atoms with Gasteiger partial charge in [-0.3, -0.25) is 4.79 Å². The summed E-state index contributed by atoms with van der Waals surface area (Å²) in [7, 11) is -3.99. The van der Waals surface area contributed by atoms with Gasteiger partial charge < -0.3 is 14.2 Å². The standard InChI is InChI=1S/C19H25O5P/c1-14(18(20)23-13-19(2,3)4)12-25(21,22)24-17-11-7-9-15-8-5-6-10-16(15)17/h5-11,14H,12-13H2,1-4H3,(H,21,22)/t14-/m1/s1. The zero-order valence-corrected chi connectivity index (χ0v) is 16.0. The highest BCUT2D eigenvalue weighted by Crippen LogP contribution is 2.46. The molecule has 0 saturated carbocycles. The van der Waals surface area contributed by atoms with Crippen molar-refractivity contribution in [2.75, 3.05) is 12.8 Å². The maximum atomic E-state index is 12.5. The van der Waals surface area contributed by atoms with Crippen LogP contribution in [0.1, 0.15) is 27.7 Å². The van der Waals surface area contributed by atoms with Crippen molar-refractivity contribution in [3.05, 3.63) is 42.5 Å². The summed E-state index contributed by atoms with van der Waals surface area (Å²) in [5.74, 6) is -0.891. The fraction of sp³-hybridized carbons (Fsp3) is 0.421. The van der Waals surface area contributed by atoms with Crippen LogP contribution >= 0.6 is 7.60 Å². The Morgan fingerprint density at radius 1 is 1.16 bits per heavy atom. The molecule has 2 atom stereocenters. The monoisotopic (exact) mass is 364 g/mol. The van der Waals surface area contributed by atoms with Crippen LogP contribution in [0.2, 0.25) is 0 Å². The third-order valence-electron chi connectivity index (χ3n) is 3.55. The minimum Gasteiger partial charge on any atom is -0.465 e. The Balaban J connectivity index is 2.06. The first-order valence-corrected chi connectivity index (χ1v) is 9.99. The third kappa shape index (κ3) is 5.87. The molecule has 0 aromatic heterocycles. The van der Waals surface area contributed by atoms with E-state index in [1.165, 1.54) is 0 Å². The molecular formula is C19H25O5P. The first-order valence-electron chi connectivity index (χ1n) is 8.23. The van der Waals surface area contributed by atoms with E-state index < -0.39 is 19.5 Å². The molecule has 5 nitrogen and oxygen atoms in total. The molecule has 2 aromatic carbocycles. The highest BCUT2D eigenvalue weighted by Gasteiger charge is 2.30. The van der Waals surface area contributed by atoms with Crippen molar-refractivity contribution < 1.29 is 23.5 Å². The van der Waals surface area contributed by atoms with Crippen molar-refractivity contribution in [3.8, 4) is 5.75 Å². The van der Waals surface area contributed by atoms with E-state index in [0.717, 1.165) is 10.8 Å². The minimum atomic E-state index is -3.99. The molecule has 136 valence electrons. The molecule has 2 rings (SSSR count). The zero-order chi connectivity index (χ0) is 18.7. The Kier molecular flexibility index (Phi) is 5.91. The van der Waals surface area contributed by atoms with Gasteiger partial charge in [-0.05, 0) is 16.9 Å². The fourth-order valence-corrected chi connectivity index (χ4v) is 3.70. The molecule has 0 aliphatic carbocycles. The number of carbonyl (C=O) groups excluding carboxylic acids is 1. The van der Waals surface area contributed by atoms with Gasteiger partial charge in [-0.2, -0.15) is 0 Å². The van der Waals surface area contributed by atoms with Gasteiger partial charge in [0.1, 0.15) is 5.75 Å². The molecule has 6 heteroatoms. The van der Waals surface area contributed by atoms with Crippen LogP contribution in [0, 0.1) is 11.3 Å². The van der Waals surface area contributed by atoms with Crippen molar-refractivity contribution in [2.45, 2.75) is 27.7 Å². The lowest BCUT2D eigenvalue weighted by atomic mass is 9.99. The minimum absolute atomic E-state index is 0.155. The van der Waals surface area contributed by atoms with Gasteiger partial charge >= 0.3 is 13.6 Å². The van der Waals surface area contributed by atoms with Gasteiger partial charge in [-0.25, -0.2) is 4.57 Å². The van der Waals surface area contributed by atoms with Crippen LogP contribution in [-0.2, 0) is 14.1 Å². The van der Waals surface area contributed by atoms with Crippen LogP contribution in [0.5, 0.6) is 5.75 Å². The van der Waals surface area contributed by atoms with Crippen molar-refractivity contribution in [2.24, 2.45) is 11.3 Å². The average molecular weight is 364 g/mol. The van der Waals surface area contributed by atoms with Gasteiger partial charge in [-0.15, -0.1) is 0 Å². The second-order valence-electron chi connectivity index (χ2n) is 7.46. The number of benzene rings is 2. The summed E-state index contributed by atoms with van der Waals surface area (Å²) in [6.07, 6.45) is -0.292. The first-order chi connectivity index (χ1) is 11.6. The third-order valence-corrected chi connectivity index (χ3v) is 5.04. The van der Waals surface area contributed by atoms with Gasteiger partial charge in [0, 0.05) is 5.39 Å². The van der Waals surface area contributed by atoms with Crippen LogP contribution in [0.15, 0.2) is 42.5 Å². The lowest BCUT2D eigenvalue weighted by Gasteiger charge is -2.21. The fourth-order valence-electron chi connectivity index (χ4n) is 2.32. The number of fused-ring (bicyclic) bond motifs is 1. The topological polar surface area (TPSA) is 72.8 Å². The Hall–Kier alpha value is -1.84. The van der Waals surface area contributed by atoms with E-state index in [2.05, 4.69) is 0 Å². The van der Waals surface area contributed by atoms with Crippen LogP contribution < -0.4 is 4.52 Å². The SMILES string of the molecule is C[C@H](CP(=O)(O)Oc1cccc2ccccc12)C(=O)OCC(C)(C)C. The number of esters is 1. The second-order valence-corrected chi connectivity index (χ2v) is 9.28. The predicted octanol–water partition coefficient (Wildman–Crippen LogP) is 4.63. The van der Waals surface area contributed by atoms with Gasteiger partial charge in [0.25, 0.3) is 0 Å². The molecule has 0 aliphatic rings. The number of carbonyl (C=O) groups is 1. The molecule has 0 amide bonds. The molecule has 25 heavy (non-hydrogen) atoms. The van der Waals surface area contributed by atoms with E-state index in [-0.39, 0.29) is 18.2 Å². The van der Waals surface area contributed by atoms with Crippen molar-refractivity contribution in [1.82, 2.24) is 0 Å². The molecule has 0 fully saturated rings. The molecule has 0 bridgehead atoms. The van der Waals surface area contributed by atoms with Gasteiger partial charge in [-0.1, -0.05) is 64.1 Å². The molecule has 2 aromatic rings. The predicted molar refractivity (Wildman–Crippen MR) is 98.8 cm³/mol. The summed E-state index contributed by atoms with van der Waals surface area (Å²) in [5, 5.41) is 1.67. The van der Waals surface area contributed by atoms with Gasteiger partial charge in [0.2, 0.25) is 0 Å². The van der Waals surface area contributed by atoms with E-state index in [4.69, 9.17) is 9.26 Å². The van der Waals surface area contributed by atoms with Crippen molar-refractivity contribution in [3.63, 3.8) is 0 Å². The van der Waals surface area contributed by atoms with E-state index in [9.17, 15) is 14.3 Å². The summed E-state index contributed by atoms with van der Waals surface area (Å²) in [4.78, 5) is 22.2. The summed E-state index contributed by atoms with van der Waals surface area (Å²) in [6, 6.07) is 12.8. The molecule has 1 N–H and O–H groups in total. The van der Waals surface area contributed by atoms with E-state index in [0.29, 0.717) is 5.75 Å².